The van der Waals surface area contributed by atoms with Gasteiger partial charge in [-0.05, 0) is 113 Å². The van der Waals surface area contributed by atoms with Gasteiger partial charge in [0.25, 0.3) is 0 Å². The molecule has 0 bridgehead atoms. The van der Waals surface area contributed by atoms with Gasteiger partial charge in [0, 0.05) is 21.6 Å². The number of furan rings is 1. The van der Waals surface area contributed by atoms with Crippen LogP contribution in [-0.2, 0) is 5.41 Å². The van der Waals surface area contributed by atoms with E-state index >= 15 is 0 Å². The second-order valence-electron chi connectivity index (χ2n) is 14.8. The molecule has 0 radical (unpaired) electrons. The minimum atomic E-state index is -0.172. The van der Waals surface area contributed by atoms with Gasteiger partial charge in [-0.3, -0.25) is 0 Å². The van der Waals surface area contributed by atoms with Crippen LogP contribution in [0.3, 0.4) is 0 Å². The molecule has 0 atom stereocenters. The summed E-state index contributed by atoms with van der Waals surface area (Å²) in [6.07, 6.45) is 0. The fraction of sp³-hybridized carbons (Fsp3) is 0.0588. The molecule has 0 saturated heterocycles. The molecule has 0 N–H and O–H groups in total. The van der Waals surface area contributed by atoms with Gasteiger partial charge in [-0.15, -0.1) is 0 Å². The van der Waals surface area contributed by atoms with Crippen LogP contribution in [0.15, 0.2) is 174 Å². The molecule has 1 aliphatic carbocycles. The van der Waals surface area contributed by atoms with E-state index in [-0.39, 0.29) is 5.41 Å². The van der Waals surface area contributed by atoms with Crippen molar-refractivity contribution in [2.75, 3.05) is 0 Å². The van der Waals surface area contributed by atoms with Crippen molar-refractivity contribution in [1.29, 1.82) is 0 Å². The third kappa shape index (κ3) is 4.11. The van der Waals surface area contributed by atoms with Crippen molar-refractivity contribution in [1.82, 2.24) is 0 Å². The molecular formula is C51H34O. The summed E-state index contributed by atoms with van der Waals surface area (Å²) in [5.41, 5.74) is 14.6. The molecule has 0 aliphatic heterocycles. The van der Waals surface area contributed by atoms with E-state index in [4.69, 9.17) is 4.42 Å². The van der Waals surface area contributed by atoms with E-state index in [1.165, 1.54) is 82.6 Å². The van der Waals surface area contributed by atoms with Gasteiger partial charge >= 0.3 is 0 Å². The smallest absolute Gasteiger partial charge is 0.143 e. The molecule has 244 valence electrons. The van der Waals surface area contributed by atoms with Crippen LogP contribution in [0.5, 0.6) is 0 Å². The van der Waals surface area contributed by atoms with Crippen molar-refractivity contribution < 1.29 is 4.42 Å². The van der Waals surface area contributed by atoms with E-state index in [9.17, 15) is 0 Å². The van der Waals surface area contributed by atoms with Crippen molar-refractivity contribution in [3.63, 3.8) is 0 Å². The van der Waals surface area contributed by atoms with E-state index in [1.807, 2.05) is 0 Å². The zero-order valence-corrected chi connectivity index (χ0v) is 29.1. The number of rotatable bonds is 3. The Morgan fingerprint density at radius 1 is 0.365 bits per heavy atom. The molecule has 1 heteroatoms. The maximum atomic E-state index is 6.56. The highest BCUT2D eigenvalue weighted by atomic mass is 16.3. The van der Waals surface area contributed by atoms with Gasteiger partial charge in [-0.2, -0.15) is 0 Å². The number of hydrogen-bond acceptors (Lipinski definition) is 1. The van der Waals surface area contributed by atoms with Crippen LogP contribution in [0.4, 0.5) is 0 Å². The zero-order chi connectivity index (χ0) is 34.6. The highest BCUT2D eigenvalue weighted by Crippen LogP contribution is 2.52. The van der Waals surface area contributed by atoms with Crippen molar-refractivity contribution in [3.8, 4) is 44.5 Å². The second kappa shape index (κ2) is 10.8. The summed E-state index contributed by atoms with van der Waals surface area (Å²) in [7, 11) is 0. The Kier molecular flexibility index (Phi) is 6.08. The molecule has 11 rings (SSSR count). The fourth-order valence-corrected chi connectivity index (χ4v) is 9.11. The van der Waals surface area contributed by atoms with Gasteiger partial charge < -0.3 is 4.42 Å². The summed E-state index contributed by atoms with van der Waals surface area (Å²) >= 11 is 0. The quantitative estimate of drug-likeness (QED) is 0.172. The lowest BCUT2D eigenvalue weighted by atomic mass is 9.80. The highest BCUT2D eigenvalue weighted by Gasteiger charge is 2.36. The van der Waals surface area contributed by atoms with Crippen LogP contribution in [0, 0.1) is 0 Å². The normalized spacial score (nSPS) is 13.3. The molecule has 1 aliphatic rings. The van der Waals surface area contributed by atoms with E-state index in [2.05, 4.69) is 184 Å². The molecule has 1 nitrogen and oxygen atoms in total. The standard InChI is InChI=1S/C51H34O/c1-51(2)45-28-33(34-22-26-39-44-27-20-31-12-6-7-15-36(31)50(44)52-47(39)30-34)21-24-37(45)38-25-23-35(29-46(38)51)49-42-18-10-8-16-40(42)48(32-13-4-3-5-14-32)41-17-9-11-19-43(41)49/h3-30H,1-2H3. The lowest BCUT2D eigenvalue weighted by Gasteiger charge is -2.23. The number of benzene rings is 9. The second-order valence-corrected chi connectivity index (χ2v) is 14.8. The number of hydrogen-bond donors (Lipinski definition) is 0. The minimum absolute atomic E-state index is 0.172. The third-order valence-corrected chi connectivity index (χ3v) is 11.7. The maximum Gasteiger partial charge on any atom is 0.143 e. The molecule has 0 saturated carbocycles. The van der Waals surface area contributed by atoms with Crippen LogP contribution in [0.1, 0.15) is 25.0 Å². The van der Waals surface area contributed by atoms with Crippen LogP contribution in [0.2, 0.25) is 0 Å². The lowest BCUT2D eigenvalue weighted by molar-refractivity contribution is 0.661. The molecule has 1 heterocycles. The average molecular weight is 663 g/mol. The lowest BCUT2D eigenvalue weighted by Crippen LogP contribution is -2.15. The van der Waals surface area contributed by atoms with Gasteiger partial charge in [-0.1, -0.05) is 153 Å². The first-order valence-corrected chi connectivity index (χ1v) is 18.2. The molecule has 1 aromatic heterocycles. The Morgan fingerprint density at radius 2 is 0.865 bits per heavy atom. The van der Waals surface area contributed by atoms with Crippen LogP contribution in [0.25, 0.3) is 98.8 Å². The van der Waals surface area contributed by atoms with Crippen molar-refractivity contribution in [2.24, 2.45) is 0 Å². The molecule has 0 fully saturated rings. The van der Waals surface area contributed by atoms with Gasteiger partial charge in [0.05, 0.1) is 0 Å². The van der Waals surface area contributed by atoms with E-state index in [0.717, 1.165) is 27.3 Å². The average Bonchev–Trinajstić information content (AvgIpc) is 3.68. The summed E-state index contributed by atoms with van der Waals surface area (Å²) in [6.45, 7) is 4.76. The molecular weight excluding hydrogens is 629 g/mol. The first kappa shape index (κ1) is 29.3. The summed E-state index contributed by atoms with van der Waals surface area (Å²) in [5.74, 6) is 0. The maximum absolute atomic E-state index is 6.56. The van der Waals surface area contributed by atoms with Gasteiger partial charge in [0.15, 0.2) is 0 Å². The fourth-order valence-electron chi connectivity index (χ4n) is 9.11. The summed E-state index contributed by atoms with van der Waals surface area (Å²) in [5, 5.41) is 9.80. The number of fused-ring (bicyclic) bond motifs is 10. The first-order valence-electron chi connectivity index (χ1n) is 18.2. The Bertz CT molecular complexity index is 3030. The molecule has 0 unspecified atom stereocenters. The topological polar surface area (TPSA) is 13.1 Å². The summed E-state index contributed by atoms with van der Waals surface area (Å²) < 4.78 is 6.56. The highest BCUT2D eigenvalue weighted by molar-refractivity contribution is 6.21. The van der Waals surface area contributed by atoms with Crippen molar-refractivity contribution in [3.05, 3.63) is 181 Å². The van der Waals surface area contributed by atoms with Crippen LogP contribution < -0.4 is 0 Å². The zero-order valence-electron chi connectivity index (χ0n) is 29.1. The molecule has 10 aromatic rings. The SMILES string of the molecule is CC1(C)c2cc(-c3ccc4c(c3)oc3c5ccccc5ccc43)ccc2-c2ccc(-c3c4ccccc4c(-c4ccccc4)c4ccccc34)cc21. The van der Waals surface area contributed by atoms with Gasteiger partial charge in [0.2, 0.25) is 0 Å². The largest absolute Gasteiger partial charge is 0.455 e. The predicted molar refractivity (Wildman–Crippen MR) is 220 cm³/mol. The Labute approximate surface area is 302 Å². The van der Waals surface area contributed by atoms with Gasteiger partial charge in [-0.25, -0.2) is 0 Å². The Balaban J connectivity index is 1.04. The molecule has 0 spiro atoms. The Hall–Kier alpha value is -6.44. The summed E-state index contributed by atoms with van der Waals surface area (Å²) in [6, 6.07) is 62.4. The molecule has 0 amide bonds. The van der Waals surface area contributed by atoms with Crippen molar-refractivity contribution >= 4 is 54.3 Å². The van der Waals surface area contributed by atoms with Crippen molar-refractivity contribution in [2.45, 2.75) is 19.3 Å². The van der Waals surface area contributed by atoms with E-state index in [0.29, 0.717) is 0 Å². The molecule has 9 aromatic carbocycles. The van der Waals surface area contributed by atoms with E-state index in [1.54, 1.807) is 0 Å². The Morgan fingerprint density at radius 3 is 1.54 bits per heavy atom. The molecule has 52 heavy (non-hydrogen) atoms. The predicted octanol–water partition coefficient (Wildman–Crippen LogP) is 14.4. The van der Waals surface area contributed by atoms with Crippen LogP contribution >= 0.6 is 0 Å². The summed E-state index contributed by atoms with van der Waals surface area (Å²) in [4.78, 5) is 0. The minimum Gasteiger partial charge on any atom is -0.455 e. The van der Waals surface area contributed by atoms with Crippen LogP contribution in [-0.4, -0.2) is 0 Å². The monoisotopic (exact) mass is 662 g/mol. The van der Waals surface area contributed by atoms with E-state index < -0.39 is 0 Å². The van der Waals surface area contributed by atoms with Gasteiger partial charge in [0.1, 0.15) is 11.2 Å². The third-order valence-electron chi connectivity index (χ3n) is 11.7. The first-order chi connectivity index (χ1) is 25.5.